The van der Waals surface area contributed by atoms with Crippen molar-refractivity contribution < 1.29 is 4.79 Å². The summed E-state index contributed by atoms with van der Waals surface area (Å²) in [6, 6.07) is 7.73. The van der Waals surface area contributed by atoms with Crippen molar-refractivity contribution >= 4 is 44.6 Å². The predicted octanol–water partition coefficient (Wildman–Crippen LogP) is 5.57. The Labute approximate surface area is 150 Å². The number of fused-ring (bicyclic) bond motifs is 1. The maximum absolute atomic E-state index is 12.5. The van der Waals surface area contributed by atoms with E-state index in [1.165, 1.54) is 11.3 Å². The van der Waals surface area contributed by atoms with Gasteiger partial charge in [-0.1, -0.05) is 48.0 Å². The summed E-state index contributed by atoms with van der Waals surface area (Å²) in [5.41, 5.74) is 5.82. The average Bonchev–Trinajstić information content (AvgIpc) is 2.91. The minimum absolute atomic E-state index is 0.265. The van der Waals surface area contributed by atoms with Crippen LogP contribution < -0.4 is 5.43 Å². The highest BCUT2D eigenvalue weighted by atomic mass is 35.5. The van der Waals surface area contributed by atoms with E-state index in [9.17, 15) is 4.79 Å². The van der Waals surface area contributed by atoms with E-state index in [-0.39, 0.29) is 5.91 Å². The van der Waals surface area contributed by atoms with Gasteiger partial charge in [0.15, 0.2) is 0 Å². The van der Waals surface area contributed by atoms with Crippen molar-refractivity contribution in [3.63, 3.8) is 0 Å². The third-order valence-corrected chi connectivity index (χ3v) is 6.01. The van der Waals surface area contributed by atoms with E-state index in [0.717, 1.165) is 39.8 Å². The molecule has 3 nitrogen and oxygen atoms in total. The van der Waals surface area contributed by atoms with Crippen LogP contribution in [0.4, 0.5) is 0 Å². The summed E-state index contributed by atoms with van der Waals surface area (Å²) >= 11 is 7.73. The Morgan fingerprint density at radius 3 is 2.88 bits per heavy atom. The second-order valence-corrected chi connectivity index (χ2v) is 7.54. The highest BCUT2D eigenvalue weighted by Gasteiger charge is 2.20. The molecule has 1 heterocycles. The van der Waals surface area contributed by atoms with Crippen molar-refractivity contribution in [1.82, 2.24) is 5.43 Å². The zero-order valence-electron chi connectivity index (χ0n) is 13.7. The van der Waals surface area contributed by atoms with Crippen LogP contribution in [0.15, 0.2) is 53.2 Å². The number of hydrogen-bond acceptors (Lipinski definition) is 3. The van der Waals surface area contributed by atoms with Crippen LogP contribution in [0.1, 0.15) is 36.4 Å². The number of allylic oxidation sites excluding steroid dienone is 3. The molecular formula is C19H19ClN2OS. The number of benzene rings is 1. The Hall–Kier alpha value is -1.91. The first-order valence-corrected chi connectivity index (χ1v) is 9.03. The molecule has 0 bridgehead atoms. The molecule has 1 aromatic heterocycles. The number of nitrogens with one attached hydrogen (secondary N) is 1. The molecule has 1 N–H and O–H groups in total. The van der Waals surface area contributed by atoms with E-state index in [0.29, 0.717) is 15.8 Å². The minimum Gasteiger partial charge on any atom is -0.266 e. The first-order valence-electron chi connectivity index (χ1n) is 7.84. The fraction of sp³-hybridized carbons (Fsp3) is 0.263. The Morgan fingerprint density at radius 2 is 2.17 bits per heavy atom. The first kappa shape index (κ1) is 16.9. The number of hydrazone groups is 1. The Kier molecular flexibility index (Phi) is 4.88. The van der Waals surface area contributed by atoms with Crippen LogP contribution in [0, 0.1) is 5.92 Å². The number of carbonyl (C=O) groups is 1. The minimum atomic E-state index is -0.265. The molecule has 1 unspecified atom stereocenters. The topological polar surface area (TPSA) is 41.5 Å². The van der Waals surface area contributed by atoms with E-state index < -0.39 is 0 Å². The summed E-state index contributed by atoms with van der Waals surface area (Å²) in [4.78, 5) is 13.0. The van der Waals surface area contributed by atoms with Crippen molar-refractivity contribution in [1.29, 1.82) is 0 Å². The molecule has 2 aromatic rings. The molecule has 1 aliphatic rings. The lowest BCUT2D eigenvalue weighted by Crippen LogP contribution is -2.22. The molecular weight excluding hydrogens is 340 g/mol. The quantitative estimate of drug-likeness (QED) is 0.565. The maximum atomic E-state index is 12.5. The number of rotatable bonds is 3. The molecule has 0 spiro atoms. The number of hydrogen-bond donors (Lipinski definition) is 1. The van der Waals surface area contributed by atoms with E-state index >= 15 is 0 Å². The Balaban J connectivity index is 1.81. The molecule has 0 aliphatic heterocycles. The molecule has 0 radical (unpaired) electrons. The van der Waals surface area contributed by atoms with Crippen molar-refractivity contribution in [3.05, 3.63) is 58.0 Å². The summed E-state index contributed by atoms with van der Waals surface area (Å²) in [7, 11) is 0. The molecule has 1 amide bonds. The Bertz CT molecular complexity index is 879. The number of halogens is 1. The molecule has 24 heavy (non-hydrogen) atoms. The van der Waals surface area contributed by atoms with Crippen molar-refractivity contribution in [3.8, 4) is 0 Å². The van der Waals surface area contributed by atoms with Crippen molar-refractivity contribution in [2.75, 3.05) is 0 Å². The molecule has 3 rings (SSSR count). The van der Waals surface area contributed by atoms with Gasteiger partial charge in [0, 0.05) is 10.1 Å². The van der Waals surface area contributed by atoms with Crippen LogP contribution in [0.5, 0.6) is 0 Å². The van der Waals surface area contributed by atoms with E-state index in [2.05, 4.69) is 23.2 Å². The number of carbonyl (C=O) groups excluding carboxylic acids is 1. The van der Waals surface area contributed by atoms with Gasteiger partial charge in [0.2, 0.25) is 0 Å². The van der Waals surface area contributed by atoms with Gasteiger partial charge in [-0.2, -0.15) is 5.10 Å². The third kappa shape index (κ3) is 3.30. The summed E-state index contributed by atoms with van der Waals surface area (Å²) in [5, 5.41) is 5.73. The fourth-order valence-electron chi connectivity index (χ4n) is 2.75. The van der Waals surface area contributed by atoms with Crippen molar-refractivity contribution in [2.24, 2.45) is 11.0 Å². The average molecular weight is 359 g/mol. The summed E-state index contributed by atoms with van der Waals surface area (Å²) in [6.45, 7) is 8.08. The van der Waals surface area contributed by atoms with Gasteiger partial charge in [0.1, 0.15) is 4.88 Å². The second kappa shape index (κ2) is 6.91. The van der Waals surface area contributed by atoms with E-state index in [4.69, 9.17) is 11.6 Å². The highest BCUT2D eigenvalue weighted by molar-refractivity contribution is 7.21. The number of thiophene rings is 1. The van der Waals surface area contributed by atoms with Gasteiger partial charge < -0.3 is 0 Å². The molecule has 1 atom stereocenters. The number of nitrogens with zero attached hydrogens (tertiary/aromatic N) is 1. The van der Waals surface area contributed by atoms with Gasteiger partial charge in [-0.3, -0.25) is 4.79 Å². The lowest BCUT2D eigenvalue weighted by atomic mass is 9.85. The number of amides is 1. The monoisotopic (exact) mass is 358 g/mol. The van der Waals surface area contributed by atoms with Crippen LogP contribution in [0.25, 0.3) is 10.1 Å². The van der Waals surface area contributed by atoms with Gasteiger partial charge >= 0.3 is 0 Å². The van der Waals surface area contributed by atoms with Gasteiger partial charge in [-0.25, -0.2) is 5.43 Å². The van der Waals surface area contributed by atoms with Gasteiger partial charge in [-0.15, -0.1) is 11.3 Å². The van der Waals surface area contributed by atoms with Crippen molar-refractivity contribution in [2.45, 2.75) is 26.7 Å². The SMILES string of the molecule is C=C(C)C1CC=C(C)/C(=N\NC(=O)c2sc3ccccc3c2Cl)C1. The normalized spacial score (nSPS) is 19.4. The van der Waals surface area contributed by atoms with Crippen LogP contribution in [0.2, 0.25) is 5.02 Å². The predicted molar refractivity (Wildman–Crippen MR) is 103 cm³/mol. The van der Waals surface area contributed by atoms with Crippen LogP contribution in [-0.2, 0) is 0 Å². The highest BCUT2D eigenvalue weighted by Crippen LogP contribution is 2.35. The second-order valence-electron chi connectivity index (χ2n) is 6.11. The lowest BCUT2D eigenvalue weighted by Gasteiger charge is -2.22. The van der Waals surface area contributed by atoms with E-state index in [1.807, 2.05) is 38.1 Å². The standard InChI is InChI=1S/C19H19ClN2OS/c1-11(2)13-9-8-12(3)15(10-13)21-22-19(23)18-17(20)14-6-4-5-7-16(14)24-18/h4-8,13H,1,9-10H2,2-3H3,(H,22,23)/b21-15-. The molecule has 0 saturated heterocycles. The largest absolute Gasteiger partial charge is 0.283 e. The molecule has 1 aliphatic carbocycles. The lowest BCUT2D eigenvalue weighted by molar-refractivity contribution is 0.0959. The smallest absolute Gasteiger partial charge is 0.266 e. The third-order valence-electron chi connectivity index (χ3n) is 4.33. The van der Waals surface area contributed by atoms with Crippen LogP contribution >= 0.6 is 22.9 Å². The van der Waals surface area contributed by atoms with Gasteiger partial charge in [0.05, 0.1) is 10.7 Å². The molecule has 124 valence electrons. The zero-order valence-corrected chi connectivity index (χ0v) is 15.3. The van der Waals surface area contributed by atoms with Gasteiger partial charge in [-0.05, 0) is 44.2 Å². The fourth-order valence-corrected chi connectivity index (χ4v) is 4.16. The van der Waals surface area contributed by atoms with Crippen LogP contribution in [0.3, 0.4) is 0 Å². The summed E-state index contributed by atoms with van der Waals surface area (Å²) < 4.78 is 0.997. The Morgan fingerprint density at radius 1 is 1.42 bits per heavy atom. The molecule has 0 fully saturated rings. The van der Waals surface area contributed by atoms with Gasteiger partial charge in [0.25, 0.3) is 5.91 Å². The summed E-state index contributed by atoms with van der Waals surface area (Å²) in [6.07, 6.45) is 3.94. The molecule has 5 heteroatoms. The molecule has 1 aromatic carbocycles. The molecule has 0 saturated carbocycles. The van der Waals surface area contributed by atoms with Crippen LogP contribution in [-0.4, -0.2) is 11.6 Å². The first-order chi connectivity index (χ1) is 11.5. The maximum Gasteiger partial charge on any atom is 0.283 e. The van der Waals surface area contributed by atoms with E-state index in [1.54, 1.807) is 0 Å². The summed E-state index contributed by atoms with van der Waals surface area (Å²) in [5.74, 6) is 0.121. The zero-order chi connectivity index (χ0) is 17.3.